The Bertz CT molecular complexity index is 584. The van der Waals surface area contributed by atoms with Crippen molar-refractivity contribution in [1.82, 2.24) is 10.2 Å². The Labute approximate surface area is 132 Å². The van der Waals surface area contributed by atoms with Crippen molar-refractivity contribution in [2.24, 2.45) is 0 Å². The third-order valence-corrected chi connectivity index (χ3v) is 4.59. The van der Waals surface area contributed by atoms with Crippen LogP contribution in [0.3, 0.4) is 0 Å². The number of hydrogen-bond donors (Lipinski definition) is 1. The van der Waals surface area contributed by atoms with Gasteiger partial charge < -0.3 is 10.1 Å². The lowest BCUT2D eigenvalue weighted by molar-refractivity contribution is -0.115. The molecule has 0 fully saturated rings. The summed E-state index contributed by atoms with van der Waals surface area (Å²) in [7, 11) is 1.66. The number of nitrogens with zero attached hydrogens (tertiary/aromatic N) is 2. The standard InChI is InChI=1S/C14H17N3O2S2/c1-10-3-5-11(6-4-10)9-12(18)15-13-16-17-14(21-13)20-8-7-19-2/h3-6H,7-9H2,1-2H3,(H,15,16,18). The molecule has 0 saturated heterocycles. The topological polar surface area (TPSA) is 64.1 Å². The van der Waals surface area contributed by atoms with Crippen LogP contribution in [0.15, 0.2) is 28.6 Å². The number of carbonyl (C=O) groups excluding carboxylic acids is 1. The summed E-state index contributed by atoms with van der Waals surface area (Å²) >= 11 is 2.95. The first-order valence-electron chi connectivity index (χ1n) is 6.48. The highest BCUT2D eigenvalue weighted by Crippen LogP contribution is 2.25. The van der Waals surface area contributed by atoms with Crippen LogP contribution >= 0.6 is 23.1 Å². The highest BCUT2D eigenvalue weighted by Gasteiger charge is 2.09. The molecule has 1 heterocycles. The number of rotatable bonds is 7. The Morgan fingerprint density at radius 1 is 1.33 bits per heavy atom. The highest BCUT2D eigenvalue weighted by atomic mass is 32.2. The smallest absolute Gasteiger partial charge is 0.230 e. The quantitative estimate of drug-likeness (QED) is 0.482. The molecule has 112 valence electrons. The van der Waals surface area contributed by atoms with Crippen molar-refractivity contribution in [2.75, 3.05) is 24.8 Å². The van der Waals surface area contributed by atoms with E-state index in [0.29, 0.717) is 18.2 Å². The van der Waals surface area contributed by atoms with Crippen molar-refractivity contribution in [3.63, 3.8) is 0 Å². The number of nitrogens with one attached hydrogen (secondary N) is 1. The summed E-state index contributed by atoms with van der Waals surface area (Å²) in [6.07, 6.45) is 0.339. The van der Waals surface area contributed by atoms with Gasteiger partial charge in [0.15, 0.2) is 4.34 Å². The van der Waals surface area contributed by atoms with E-state index in [1.807, 2.05) is 31.2 Å². The number of carbonyl (C=O) groups is 1. The van der Waals surface area contributed by atoms with Crippen LogP contribution in [0.1, 0.15) is 11.1 Å². The Balaban J connectivity index is 1.83. The predicted molar refractivity (Wildman–Crippen MR) is 86.0 cm³/mol. The normalized spacial score (nSPS) is 10.6. The number of benzene rings is 1. The second-order valence-electron chi connectivity index (χ2n) is 4.42. The minimum Gasteiger partial charge on any atom is -0.384 e. The van der Waals surface area contributed by atoms with Gasteiger partial charge in [0.2, 0.25) is 11.0 Å². The summed E-state index contributed by atoms with van der Waals surface area (Å²) in [6, 6.07) is 7.91. The van der Waals surface area contributed by atoms with E-state index in [1.54, 1.807) is 18.9 Å². The number of anilines is 1. The molecule has 5 nitrogen and oxygen atoms in total. The largest absolute Gasteiger partial charge is 0.384 e. The van der Waals surface area contributed by atoms with Gasteiger partial charge in [-0.2, -0.15) is 0 Å². The molecule has 0 aliphatic rings. The Hall–Kier alpha value is -1.44. The zero-order chi connectivity index (χ0) is 15.1. The van der Waals surface area contributed by atoms with Crippen molar-refractivity contribution in [1.29, 1.82) is 0 Å². The first-order valence-corrected chi connectivity index (χ1v) is 8.28. The van der Waals surface area contributed by atoms with Crippen LogP contribution in [0.4, 0.5) is 5.13 Å². The van der Waals surface area contributed by atoms with Crippen molar-refractivity contribution in [3.05, 3.63) is 35.4 Å². The number of ether oxygens (including phenoxy) is 1. The summed E-state index contributed by atoms with van der Waals surface area (Å²) in [5, 5.41) is 11.3. The van der Waals surface area contributed by atoms with Gasteiger partial charge in [0.25, 0.3) is 0 Å². The Morgan fingerprint density at radius 2 is 2.10 bits per heavy atom. The Kier molecular flexibility index (Phi) is 6.16. The van der Waals surface area contributed by atoms with E-state index in [2.05, 4.69) is 15.5 Å². The number of methoxy groups -OCH3 is 1. The monoisotopic (exact) mass is 323 g/mol. The first-order chi connectivity index (χ1) is 10.2. The number of amides is 1. The van der Waals surface area contributed by atoms with Gasteiger partial charge in [-0.1, -0.05) is 52.9 Å². The minimum absolute atomic E-state index is 0.0801. The van der Waals surface area contributed by atoms with E-state index in [1.165, 1.54) is 16.9 Å². The summed E-state index contributed by atoms with van der Waals surface area (Å²) in [5.41, 5.74) is 2.17. The van der Waals surface area contributed by atoms with E-state index in [-0.39, 0.29) is 5.91 Å². The molecule has 0 unspecified atom stereocenters. The molecule has 0 spiro atoms. The van der Waals surface area contributed by atoms with Gasteiger partial charge in [-0.3, -0.25) is 4.79 Å². The molecule has 2 rings (SSSR count). The van der Waals surface area contributed by atoms with Crippen molar-refractivity contribution in [3.8, 4) is 0 Å². The lowest BCUT2D eigenvalue weighted by Crippen LogP contribution is -2.14. The molecule has 0 aliphatic heterocycles. The Morgan fingerprint density at radius 3 is 2.81 bits per heavy atom. The maximum atomic E-state index is 11.9. The lowest BCUT2D eigenvalue weighted by Gasteiger charge is -2.02. The summed E-state index contributed by atoms with van der Waals surface area (Å²) in [5.74, 6) is 0.742. The molecule has 1 aromatic heterocycles. The predicted octanol–water partition coefficient (Wildman–Crippen LogP) is 2.77. The molecule has 0 bridgehead atoms. The number of hydrogen-bond acceptors (Lipinski definition) is 6. The minimum atomic E-state index is -0.0801. The molecule has 2 aromatic rings. The molecule has 1 aromatic carbocycles. The van der Waals surface area contributed by atoms with Crippen LogP contribution < -0.4 is 5.32 Å². The molecule has 1 amide bonds. The third kappa shape index (κ3) is 5.45. The van der Waals surface area contributed by atoms with Crippen LogP contribution in [0.5, 0.6) is 0 Å². The molecular weight excluding hydrogens is 306 g/mol. The lowest BCUT2D eigenvalue weighted by atomic mass is 10.1. The third-order valence-electron chi connectivity index (χ3n) is 2.65. The van der Waals surface area contributed by atoms with Gasteiger partial charge in [-0.05, 0) is 12.5 Å². The summed E-state index contributed by atoms with van der Waals surface area (Å²) in [4.78, 5) is 11.9. The fraction of sp³-hybridized carbons (Fsp3) is 0.357. The number of aryl methyl sites for hydroxylation is 1. The number of thioether (sulfide) groups is 1. The molecule has 0 saturated carbocycles. The van der Waals surface area contributed by atoms with Gasteiger partial charge in [0.1, 0.15) is 0 Å². The second kappa shape index (κ2) is 8.11. The van der Waals surface area contributed by atoms with Crippen LogP contribution in [-0.2, 0) is 16.0 Å². The van der Waals surface area contributed by atoms with Gasteiger partial charge in [-0.15, -0.1) is 10.2 Å². The van der Waals surface area contributed by atoms with E-state index in [4.69, 9.17) is 4.74 Å². The van der Waals surface area contributed by atoms with Crippen molar-refractivity contribution >= 4 is 34.1 Å². The van der Waals surface area contributed by atoms with E-state index in [0.717, 1.165) is 15.7 Å². The van der Waals surface area contributed by atoms with Crippen LogP contribution in [-0.4, -0.2) is 35.6 Å². The SMILES string of the molecule is COCCSc1nnc(NC(=O)Cc2ccc(C)cc2)s1. The molecule has 0 atom stereocenters. The highest BCUT2D eigenvalue weighted by molar-refractivity contribution is 8.01. The second-order valence-corrected chi connectivity index (χ2v) is 6.74. The summed E-state index contributed by atoms with van der Waals surface area (Å²) < 4.78 is 5.81. The first kappa shape index (κ1) is 15.9. The van der Waals surface area contributed by atoms with Gasteiger partial charge in [0, 0.05) is 12.9 Å². The number of aromatic nitrogens is 2. The molecule has 0 aliphatic carbocycles. The molecular formula is C14H17N3O2S2. The molecule has 0 radical (unpaired) electrons. The average Bonchev–Trinajstić information content (AvgIpc) is 2.89. The van der Waals surface area contributed by atoms with Crippen LogP contribution in [0.2, 0.25) is 0 Å². The molecule has 21 heavy (non-hydrogen) atoms. The maximum Gasteiger partial charge on any atom is 0.230 e. The fourth-order valence-electron chi connectivity index (χ4n) is 1.59. The molecule has 7 heteroatoms. The van der Waals surface area contributed by atoms with Gasteiger partial charge in [0.05, 0.1) is 13.0 Å². The average molecular weight is 323 g/mol. The van der Waals surface area contributed by atoms with Crippen LogP contribution in [0, 0.1) is 6.92 Å². The van der Waals surface area contributed by atoms with E-state index < -0.39 is 0 Å². The summed E-state index contributed by atoms with van der Waals surface area (Å²) in [6.45, 7) is 2.69. The van der Waals surface area contributed by atoms with E-state index >= 15 is 0 Å². The zero-order valence-corrected chi connectivity index (χ0v) is 13.6. The maximum absolute atomic E-state index is 11.9. The van der Waals surface area contributed by atoms with Gasteiger partial charge in [-0.25, -0.2) is 0 Å². The van der Waals surface area contributed by atoms with Crippen LogP contribution in [0.25, 0.3) is 0 Å². The zero-order valence-electron chi connectivity index (χ0n) is 12.0. The van der Waals surface area contributed by atoms with Crippen molar-refractivity contribution in [2.45, 2.75) is 17.7 Å². The van der Waals surface area contributed by atoms with Gasteiger partial charge >= 0.3 is 0 Å². The van der Waals surface area contributed by atoms with Crippen molar-refractivity contribution < 1.29 is 9.53 Å². The van der Waals surface area contributed by atoms with E-state index in [9.17, 15) is 4.79 Å². The fourth-order valence-corrected chi connectivity index (χ4v) is 3.32. The molecule has 1 N–H and O–H groups in total.